The van der Waals surface area contributed by atoms with Crippen LogP contribution in [0.5, 0.6) is 0 Å². The summed E-state index contributed by atoms with van der Waals surface area (Å²) in [5, 5.41) is 18.5. The molecule has 3 aromatic heterocycles. The predicted octanol–water partition coefficient (Wildman–Crippen LogP) is 6.71. The van der Waals surface area contributed by atoms with E-state index in [1.165, 1.54) is 18.3 Å². The van der Waals surface area contributed by atoms with E-state index in [4.69, 9.17) is 11.6 Å². The first-order valence-electron chi connectivity index (χ1n) is 12.8. The molecule has 0 amide bonds. The first kappa shape index (κ1) is 29.1. The molecule has 4 aromatic rings. The van der Waals surface area contributed by atoms with Crippen LogP contribution in [-0.2, 0) is 0 Å². The number of anilines is 4. The van der Waals surface area contributed by atoms with E-state index in [0.717, 1.165) is 18.0 Å². The summed E-state index contributed by atoms with van der Waals surface area (Å²) in [6.07, 6.45) is 11.7. The molecule has 0 spiro atoms. The molecule has 0 saturated heterocycles. The number of nitriles is 1. The van der Waals surface area contributed by atoms with Gasteiger partial charge in [0.25, 0.3) is 0 Å². The van der Waals surface area contributed by atoms with Crippen LogP contribution in [0.15, 0.2) is 103 Å². The van der Waals surface area contributed by atoms with Gasteiger partial charge in [0.2, 0.25) is 5.95 Å². The fourth-order valence-electron chi connectivity index (χ4n) is 4.22. The summed E-state index contributed by atoms with van der Waals surface area (Å²) in [5.41, 5.74) is 9.39. The van der Waals surface area contributed by atoms with Crippen LogP contribution in [0.4, 0.5) is 35.9 Å². The van der Waals surface area contributed by atoms with E-state index in [2.05, 4.69) is 49.2 Å². The molecule has 43 heavy (non-hydrogen) atoms. The summed E-state index contributed by atoms with van der Waals surface area (Å²) in [5.74, 6) is -2.84. The molecule has 0 saturated carbocycles. The molecule has 5 rings (SSSR count). The van der Waals surface area contributed by atoms with Crippen LogP contribution in [0.3, 0.4) is 0 Å². The summed E-state index contributed by atoms with van der Waals surface area (Å²) in [4.78, 5) is 11.9. The van der Waals surface area contributed by atoms with Crippen LogP contribution in [-0.4, -0.2) is 21.0 Å². The molecule has 1 aliphatic heterocycles. The average molecular weight is 602 g/mol. The second kappa shape index (κ2) is 12.6. The maximum absolute atomic E-state index is 14.0. The van der Waals surface area contributed by atoms with Gasteiger partial charge in [-0.3, -0.25) is 15.0 Å². The number of aromatic nitrogens is 3. The second-order valence-corrected chi connectivity index (χ2v) is 9.60. The maximum Gasteiger partial charge on any atom is 0.249 e. The van der Waals surface area contributed by atoms with E-state index in [1.807, 2.05) is 6.07 Å². The van der Waals surface area contributed by atoms with E-state index in [-0.39, 0.29) is 22.0 Å². The summed E-state index contributed by atoms with van der Waals surface area (Å²) in [7, 11) is 0. The van der Waals surface area contributed by atoms with Crippen molar-refractivity contribution in [3.63, 3.8) is 0 Å². The Kier molecular flexibility index (Phi) is 8.56. The highest BCUT2D eigenvalue weighted by Crippen LogP contribution is 2.36. The van der Waals surface area contributed by atoms with Crippen LogP contribution in [0, 0.1) is 23.1 Å². The molecule has 216 valence electrons. The third kappa shape index (κ3) is 6.43. The number of nitrogens with zero attached hydrogens (tertiary/aromatic N) is 5. The van der Waals surface area contributed by atoms with Crippen molar-refractivity contribution >= 4 is 45.3 Å². The van der Waals surface area contributed by atoms with Crippen molar-refractivity contribution in [1.29, 1.82) is 5.26 Å². The number of benzene rings is 1. The molecule has 1 atom stereocenters. The summed E-state index contributed by atoms with van der Waals surface area (Å²) < 4.78 is 41.3. The van der Waals surface area contributed by atoms with E-state index >= 15 is 0 Å². The molecule has 1 aromatic carbocycles. The van der Waals surface area contributed by atoms with Gasteiger partial charge in [0.15, 0.2) is 5.82 Å². The van der Waals surface area contributed by atoms with E-state index in [9.17, 15) is 18.4 Å². The third-order valence-electron chi connectivity index (χ3n) is 6.35. The number of fused-ring (bicyclic) bond motifs is 1. The van der Waals surface area contributed by atoms with Gasteiger partial charge >= 0.3 is 0 Å². The van der Waals surface area contributed by atoms with Gasteiger partial charge in [0, 0.05) is 35.7 Å². The maximum atomic E-state index is 14.0. The number of pyridine rings is 3. The Morgan fingerprint density at radius 2 is 2.00 bits per heavy atom. The molecule has 0 fully saturated rings. The van der Waals surface area contributed by atoms with Crippen molar-refractivity contribution in [3.8, 4) is 6.07 Å². The molecule has 9 nitrogen and oxygen atoms in total. The minimum atomic E-state index is -1.25. The van der Waals surface area contributed by atoms with Gasteiger partial charge < -0.3 is 16.1 Å². The van der Waals surface area contributed by atoms with Crippen molar-refractivity contribution in [2.24, 2.45) is 0 Å². The van der Waals surface area contributed by atoms with Gasteiger partial charge in [-0.05, 0) is 42.8 Å². The molecule has 0 bridgehead atoms. The lowest BCUT2D eigenvalue weighted by Crippen LogP contribution is -2.39. The molecule has 0 aliphatic carbocycles. The number of hydrogen-bond donors (Lipinski definition) is 4. The van der Waals surface area contributed by atoms with E-state index in [0.29, 0.717) is 27.9 Å². The summed E-state index contributed by atoms with van der Waals surface area (Å²) >= 11 is 6.64. The second-order valence-electron chi connectivity index (χ2n) is 9.20. The Morgan fingerprint density at radius 3 is 2.72 bits per heavy atom. The minimum absolute atomic E-state index is 0.113. The monoisotopic (exact) mass is 601 g/mol. The quantitative estimate of drug-likeness (QED) is 0.123. The zero-order valence-electron chi connectivity index (χ0n) is 22.5. The van der Waals surface area contributed by atoms with Crippen LogP contribution in [0.25, 0.3) is 10.9 Å². The van der Waals surface area contributed by atoms with Crippen molar-refractivity contribution in [2.75, 3.05) is 15.6 Å². The number of rotatable bonds is 9. The Labute approximate surface area is 249 Å². The molecule has 4 heterocycles. The van der Waals surface area contributed by atoms with Crippen LogP contribution >= 0.6 is 11.6 Å². The van der Waals surface area contributed by atoms with Crippen LogP contribution in [0.2, 0.25) is 5.02 Å². The number of hydrazine groups is 2. The number of nitrogens with one attached hydrogen (secondary N) is 4. The van der Waals surface area contributed by atoms with Gasteiger partial charge in [0.1, 0.15) is 11.9 Å². The van der Waals surface area contributed by atoms with Gasteiger partial charge in [-0.25, -0.2) is 13.8 Å². The van der Waals surface area contributed by atoms with Gasteiger partial charge in [-0.1, -0.05) is 30.3 Å². The standard InChI is InChI=1S/C30H23ClF3N9/c1-3-19(32)7-6-17(2)27(26-16-43(42-41-26)22-5-4-8-36-15-22)39-20-9-23-28(40-21-11-25(33)30(34)38-14-21)18(12-35)13-37-29(23)24(31)10-20/h3-11,13-16,27,39,41-42H,2H2,1H3,(H,37,40)/b7-6-,19-3+/t27-/m0/s1. The Bertz CT molecular complexity index is 1830. The predicted molar refractivity (Wildman–Crippen MR) is 161 cm³/mol. The van der Waals surface area contributed by atoms with Crippen molar-refractivity contribution in [2.45, 2.75) is 13.0 Å². The lowest BCUT2D eigenvalue weighted by molar-refractivity contribution is 0.480. The highest BCUT2D eigenvalue weighted by molar-refractivity contribution is 6.36. The zero-order chi connectivity index (χ0) is 30.5. The molecule has 1 aliphatic rings. The smallest absolute Gasteiger partial charge is 0.249 e. The van der Waals surface area contributed by atoms with Crippen molar-refractivity contribution < 1.29 is 13.2 Å². The van der Waals surface area contributed by atoms with Crippen molar-refractivity contribution in [1.82, 2.24) is 25.9 Å². The Morgan fingerprint density at radius 1 is 1.16 bits per heavy atom. The lowest BCUT2D eigenvalue weighted by Gasteiger charge is -2.22. The summed E-state index contributed by atoms with van der Waals surface area (Å²) in [6.45, 7) is 5.73. The Hall–Kier alpha value is -5.38. The average Bonchev–Trinajstić information content (AvgIpc) is 3.51. The first-order valence-corrected chi connectivity index (χ1v) is 13.1. The fourth-order valence-corrected chi connectivity index (χ4v) is 4.49. The van der Waals surface area contributed by atoms with Crippen LogP contribution in [0.1, 0.15) is 12.5 Å². The minimum Gasteiger partial charge on any atom is -0.373 e. The van der Waals surface area contributed by atoms with E-state index in [1.54, 1.807) is 54.8 Å². The summed E-state index contributed by atoms with van der Waals surface area (Å²) in [6, 6.07) is 9.35. The number of halogens is 4. The Balaban J connectivity index is 1.56. The lowest BCUT2D eigenvalue weighted by atomic mass is 10.0. The molecule has 4 N–H and O–H groups in total. The molecule has 0 unspecified atom stereocenters. The number of allylic oxidation sites excluding steroid dienone is 3. The van der Waals surface area contributed by atoms with Crippen molar-refractivity contribution in [3.05, 3.63) is 126 Å². The normalized spacial score (nSPS) is 13.9. The molecule has 13 heteroatoms. The van der Waals surface area contributed by atoms with Crippen LogP contribution < -0.4 is 26.6 Å². The highest BCUT2D eigenvalue weighted by Gasteiger charge is 2.24. The number of hydrogen-bond acceptors (Lipinski definition) is 9. The largest absolute Gasteiger partial charge is 0.373 e. The molecular weight excluding hydrogens is 579 g/mol. The molecule has 0 radical (unpaired) electrons. The van der Waals surface area contributed by atoms with E-state index < -0.39 is 23.6 Å². The third-order valence-corrected chi connectivity index (χ3v) is 6.64. The molecular formula is C30H23ClF3N9. The topological polar surface area (TPSA) is 114 Å². The fraction of sp³-hybridized carbons (Fsp3) is 0.0667. The van der Waals surface area contributed by atoms with Gasteiger partial charge in [-0.2, -0.15) is 9.65 Å². The highest BCUT2D eigenvalue weighted by atomic mass is 35.5. The zero-order valence-corrected chi connectivity index (χ0v) is 23.3. The van der Waals surface area contributed by atoms with Gasteiger partial charge in [-0.15, -0.1) is 5.53 Å². The first-order chi connectivity index (χ1) is 20.8. The SMILES string of the molecule is C=C(/C=C\C(F)=C/C)[C@H](Nc1cc(Cl)c2ncc(C#N)c(Nc3cnc(F)c(F)c3)c2c1)C1=CN(c2cccnc2)NN1. The van der Waals surface area contributed by atoms with Gasteiger partial charge in [0.05, 0.1) is 57.3 Å².